The molecule has 0 amide bonds. The zero-order valence-electron chi connectivity index (χ0n) is 25.9. The summed E-state index contributed by atoms with van der Waals surface area (Å²) in [5.41, 5.74) is 0. The molecule has 0 N–H and O–H groups in total. The van der Waals surface area contributed by atoms with Gasteiger partial charge in [-0.25, -0.2) is 8.42 Å². The van der Waals surface area contributed by atoms with Crippen LogP contribution in [0.4, 0.5) is 0 Å². The zero-order chi connectivity index (χ0) is 27.3. The van der Waals surface area contributed by atoms with Gasteiger partial charge in [-0.2, -0.15) is 0 Å². The predicted octanol–water partition coefficient (Wildman–Crippen LogP) is 7.82. The Hall–Kier alpha value is 1.25. The Morgan fingerprint density at radius 3 is 1.29 bits per heavy atom. The van der Waals surface area contributed by atoms with Crippen molar-refractivity contribution in [3.63, 3.8) is 0 Å². The molecule has 0 saturated carbocycles. The summed E-state index contributed by atoms with van der Waals surface area (Å²) >= 11 is 0. The fraction of sp³-hybridized carbons (Fsp3) is 0.938. The third-order valence-electron chi connectivity index (χ3n) is 7.49. The Labute approximate surface area is 281 Å². The summed E-state index contributed by atoms with van der Waals surface area (Å²) in [5, 5.41) is 0. The van der Waals surface area contributed by atoms with Crippen molar-refractivity contribution >= 4 is 10.4 Å². The molecule has 0 spiro atoms. The van der Waals surface area contributed by atoms with E-state index in [0.717, 1.165) is 19.3 Å². The summed E-state index contributed by atoms with van der Waals surface area (Å²) in [6.45, 7) is 4.52. The third kappa shape index (κ3) is 35.3. The molecule has 0 bridgehead atoms. The van der Waals surface area contributed by atoms with Crippen molar-refractivity contribution in [1.82, 2.24) is 0 Å². The molecule has 0 radical (unpaired) electrons. The van der Waals surface area contributed by atoms with E-state index in [1.165, 1.54) is 148 Å². The van der Waals surface area contributed by atoms with Crippen LogP contribution in [0, 0.1) is 5.92 Å². The molecule has 0 aromatic rings. The van der Waals surface area contributed by atoms with Crippen LogP contribution >= 0.6 is 0 Å². The van der Waals surface area contributed by atoms with Crippen molar-refractivity contribution in [2.75, 3.05) is 6.61 Å². The molecule has 38 heavy (non-hydrogen) atoms. The summed E-state index contributed by atoms with van der Waals surface area (Å²) < 4.78 is 37.3. The fourth-order valence-corrected chi connectivity index (χ4v) is 5.39. The van der Waals surface area contributed by atoms with Gasteiger partial charge in [0.15, 0.2) is 0 Å². The van der Waals surface area contributed by atoms with Crippen molar-refractivity contribution in [3.8, 4) is 0 Å². The minimum atomic E-state index is -4.62. The van der Waals surface area contributed by atoms with Gasteiger partial charge < -0.3 is 4.55 Å². The van der Waals surface area contributed by atoms with E-state index in [1.807, 2.05) is 0 Å². The van der Waals surface area contributed by atoms with Crippen LogP contribution in [0.3, 0.4) is 0 Å². The van der Waals surface area contributed by atoms with Gasteiger partial charge in [-0.1, -0.05) is 174 Å². The average Bonchev–Trinajstić information content (AvgIpc) is 2.87. The van der Waals surface area contributed by atoms with Crippen LogP contribution in [0.5, 0.6) is 0 Å². The summed E-state index contributed by atoms with van der Waals surface area (Å²) in [4.78, 5) is 0. The van der Waals surface area contributed by atoms with E-state index < -0.39 is 10.4 Å². The topological polar surface area (TPSA) is 66.4 Å². The number of allylic oxidation sites excluding steroid dienone is 1. The molecule has 6 heteroatoms. The first-order valence-electron chi connectivity index (χ1n) is 16.3. The maximum Gasteiger partial charge on any atom is 1.00 e. The third-order valence-corrected chi connectivity index (χ3v) is 7.91. The Bertz CT molecular complexity index is 580. The molecule has 4 nitrogen and oxygen atoms in total. The molecule has 0 rings (SSSR count). The monoisotopic (exact) mass is 582 g/mol. The largest absolute Gasteiger partial charge is 1.00 e. The van der Waals surface area contributed by atoms with Gasteiger partial charge in [-0.15, -0.1) is 0 Å². The second kappa shape index (κ2) is 32.8. The van der Waals surface area contributed by atoms with Crippen molar-refractivity contribution in [2.24, 2.45) is 5.92 Å². The zero-order valence-corrected chi connectivity index (χ0v) is 29.8. The van der Waals surface area contributed by atoms with Gasteiger partial charge in [0, 0.05) is 5.92 Å². The molecule has 0 aromatic heterocycles. The van der Waals surface area contributed by atoms with Gasteiger partial charge in [-0.05, 0) is 19.3 Å². The molecule has 0 fully saturated rings. The van der Waals surface area contributed by atoms with Crippen LogP contribution in [0.1, 0.15) is 181 Å². The van der Waals surface area contributed by atoms with Crippen LogP contribution < -0.4 is 51.4 Å². The summed E-state index contributed by atoms with van der Waals surface area (Å²) in [6.07, 6.45) is 38.0. The molecule has 0 aromatic carbocycles. The minimum absolute atomic E-state index is 0. The molecular formula is C32H63KO4S. The SMILES string of the molecule is CCCCCCCCCCCCCC/C=C/C(CCCCCCCCCCCCCC)COS(=O)(=O)[O-].[K+]. The summed E-state index contributed by atoms with van der Waals surface area (Å²) in [5.74, 6) is 0.0178. The normalized spacial score (nSPS) is 12.7. The van der Waals surface area contributed by atoms with Crippen molar-refractivity contribution in [1.29, 1.82) is 0 Å². The second-order valence-corrected chi connectivity index (χ2v) is 12.3. The Morgan fingerprint density at radius 2 is 0.921 bits per heavy atom. The minimum Gasteiger partial charge on any atom is -0.726 e. The molecular weight excluding hydrogens is 520 g/mol. The Morgan fingerprint density at radius 1 is 0.579 bits per heavy atom. The van der Waals surface area contributed by atoms with Gasteiger partial charge >= 0.3 is 51.4 Å². The van der Waals surface area contributed by atoms with Gasteiger partial charge in [0.1, 0.15) is 0 Å². The fourth-order valence-electron chi connectivity index (χ4n) is 5.05. The van der Waals surface area contributed by atoms with Crippen LogP contribution in [0.15, 0.2) is 12.2 Å². The Kier molecular flexibility index (Phi) is 35.7. The van der Waals surface area contributed by atoms with E-state index >= 15 is 0 Å². The van der Waals surface area contributed by atoms with Crippen molar-refractivity contribution in [2.45, 2.75) is 181 Å². The first-order valence-corrected chi connectivity index (χ1v) is 17.6. The predicted molar refractivity (Wildman–Crippen MR) is 160 cm³/mol. The van der Waals surface area contributed by atoms with E-state index in [2.05, 4.69) is 30.2 Å². The first kappa shape index (κ1) is 41.4. The van der Waals surface area contributed by atoms with Crippen molar-refractivity contribution in [3.05, 3.63) is 12.2 Å². The number of hydrogen-bond donors (Lipinski definition) is 0. The molecule has 0 aliphatic carbocycles. The van der Waals surface area contributed by atoms with Gasteiger partial charge in [0.2, 0.25) is 10.4 Å². The average molecular weight is 583 g/mol. The maximum absolute atomic E-state index is 10.9. The van der Waals surface area contributed by atoms with Gasteiger partial charge in [0.25, 0.3) is 0 Å². The molecule has 0 aliphatic heterocycles. The number of unbranched alkanes of at least 4 members (excludes halogenated alkanes) is 23. The van der Waals surface area contributed by atoms with Gasteiger partial charge in [0.05, 0.1) is 6.61 Å². The van der Waals surface area contributed by atoms with Gasteiger partial charge in [-0.3, -0.25) is 4.18 Å². The maximum atomic E-state index is 10.9. The quantitative estimate of drug-likeness (QED) is 0.0285. The van der Waals surface area contributed by atoms with Crippen molar-refractivity contribution < 1.29 is 68.5 Å². The molecule has 0 saturated heterocycles. The molecule has 0 heterocycles. The van der Waals surface area contributed by atoms with E-state index in [-0.39, 0.29) is 63.9 Å². The molecule has 1 unspecified atom stereocenters. The van der Waals surface area contributed by atoms with E-state index in [9.17, 15) is 13.0 Å². The number of hydrogen-bond acceptors (Lipinski definition) is 4. The summed E-state index contributed by atoms with van der Waals surface area (Å²) in [6, 6.07) is 0. The molecule has 222 valence electrons. The van der Waals surface area contributed by atoms with E-state index in [1.54, 1.807) is 0 Å². The summed E-state index contributed by atoms with van der Waals surface area (Å²) in [7, 11) is -4.62. The van der Waals surface area contributed by atoms with Crippen LogP contribution in [0.2, 0.25) is 0 Å². The van der Waals surface area contributed by atoms with Crippen LogP contribution in [-0.2, 0) is 14.6 Å². The second-order valence-electron chi connectivity index (χ2n) is 11.2. The molecule has 1 atom stereocenters. The Balaban J connectivity index is 0. The first-order chi connectivity index (χ1) is 18.0. The van der Waals surface area contributed by atoms with E-state index in [0.29, 0.717) is 0 Å². The number of rotatable bonds is 30. The molecule has 0 aliphatic rings. The van der Waals surface area contributed by atoms with E-state index in [4.69, 9.17) is 0 Å². The smallest absolute Gasteiger partial charge is 0.726 e. The standard InChI is InChI=1S/C32H64O4S.K/c1-3-5-7-9-11-13-15-17-18-20-22-24-26-28-30-32(31-36-37(33,34)35)29-27-25-23-21-19-16-14-12-10-8-6-4-2;/h28,30,32H,3-27,29,31H2,1-2H3,(H,33,34,35);/q;+1/p-1/b30-28+;. The van der Waals surface area contributed by atoms with Crippen LogP contribution in [0.25, 0.3) is 0 Å². The van der Waals surface area contributed by atoms with Crippen LogP contribution in [-0.4, -0.2) is 19.6 Å².